The van der Waals surface area contributed by atoms with E-state index >= 15 is 0 Å². The van der Waals surface area contributed by atoms with Crippen molar-refractivity contribution >= 4 is 11.9 Å². The number of amides is 1. The van der Waals surface area contributed by atoms with Crippen molar-refractivity contribution in [1.29, 1.82) is 0 Å². The summed E-state index contributed by atoms with van der Waals surface area (Å²) < 4.78 is 5.11. The second-order valence-electron chi connectivity index (χ2n) is 4.72. The van der Waals surface area contributed by atoms with Gasteiger partial charge in [0.15, 0.2) is 5.60 Å². The highest BCUT2D eigenvalue weighted by atomic mass is 16.5. The van der Waals surface area contributed by atoms with Gasteiger partial charge in [0.25, 0.3) is 0 Å². The van der Waals surface area contributed by atoms with Crippen molar-refractivity contribution in [1.82, 2.24) is 4.90 Å². The summed E-state index contributed by atoms with van der Waals surface area (Å²) in [6.45, 7) is 2.75. The Morgan fingerprint density at radius 3 is 2.39 bits per heavy atom. The zero-order valence-electron chi connectivity index (χ0n) is 11.0. The summed E-state index contributed by atoms with van der Waals surface area (Å²) in [5, 5.41) is 9.15. The quantitative estimate of drug-likeness (QED) is 0.735. The molecule has 1 rings (SSSR count). The number of carbonyl (C=O) groups is 2. The molecule has 6 nitrogen and oxygen atoms in total. The Kier molecular flexibility index (Phi) is 5.10. The van der Waals surface area contributed by atoms with Gasteiger partial charge in [0.1, 0.15) is 0 Å². The van der Waals surface area contributed by atoms with Gasteiger partial charge in [-0.1, -0.05) is 13.3 Å². The van der Waals surface area contributed by atoms with Crippen molar-refractivity contribution in [3.63, 3.8) is 0 Å². The predicted molar refractivity (Wildman–Crippen MR) is 66.1 cm³/mol. The summed E-state index contributed by atoms with van der Waals surface area (Å²) in [4.78, 5) is 24.8. The number of hydrogen-bond donors (Lipinski definition) is 2. The molecule has 1 amide bonds. The van der Waals surface area contributed by atoms with Crippen LogP contribution in [0.5, 0.6) is 0 Å². The Hall–Kier alpha value is -1.14. The molecule has 1 aliphatic heterocycles. The van der Waals surface area contributed by atoms with Gasteiger partial charge in [-0.2, -0.15) is 0 Å². The lowest BCUT2D eigenvalue weighted by atomic mass is 9.91. The molecule has 0 aromatic carbocycles. The molecule has 0 aromatic heterocycles. The minimum atomic E-state index is -1.15. The maximum atomic E-state index is 12.0. The third-order valence-electron chi connectivity index (χ3n) is 3.58. The van der Waals surface area contributed by atoms with Crippen LogP contribution in [0.15, 0.2) is 0 Å². The number of carboxylic acids is 1. The Labute approximate surface area is 107 Å². The zero-order valence-corrected chi connectivity index (χ0v) is 11.0. The number of carboxylic acid groups (broad SMARTS) is 1. The molecule has 0 radical (unpaired) electrons. The fourth-order valence-corrected chi connectivity index (χ4v) is 2.26. The smallest absolute Gasteiger partial charge is 0.336 e. The molecule has 0 saturated carbocycles. The van der Waals surface area contributed by atoms with Crippen LogP contribution in [0.1, 0.15) is 32.6 Å². The van der Waals surface area contributed by atoms with Gasteiger partial charge in [0, 0.05) is 33.0 Å². The number of likely N-dealkylation sites (tertiary alicyclic amines) is 1. The molecule has 104 valence electrons. The van der Waals surface area contributed by atoms with Crippen LogP contribution < -0.4 is 5.73 Å². The highest BCUT2D eigenvalue weighted by Crippen LogP contribution is 2.26. The van der Waals surface area contributed by atoms with Crippen LogP contribution in [0.2, 0.25) is 0 Å². The number of hydrogen-bond acceptors (Lipinski definition) is 4. The Morgan fingerprint density at radius 1 is 1.44 bits per heavy atom. The highest BCUT2D eigenvalue weighted by Gasteiger charge is 2.43. The zero-order chi connectivity index (χ0) is 13.8. The van der Waals surface area contributed by atoms with Crippen LogP contribution in [-0.2, 0) is 14.3 Å². The summed E-state index contributed by atoms with van der Waals surface area (Å²) in [6, 6.07) is -0.477. The molecule has 18 heavy (non-hydrogen) atoms. The molecule has 1 fully saturated rings. The maximum Gasteiger partial charge on any atom is 0.336 e. The lowest BCUT2D eigenvalue weighted by molar-refractivity contribution is -0.170. The van der Waals surface area contributed by atoms with Gasteiger partial charge in [0.2, 0.25) is 5.91 Å². The lowest BCUT2D eigenvalue weighted by Gasteiger charge is -2.38. The van der Waals surface area contributed by atoms with E-state index in [0.717, 1.165) is 6.42 Å². The number of aliphatic carboxylic acids is 1. The van der Waals surface area contributed by atoms with Gasteiger partial charge in [-0.15, -0.1) is 0 Å². The van der Waals surface area contributed by atoms with Crippen molar-refractivity contribution < 1.29 is 19.4 Å². The molecule has 0 aromatic rings. The molecule has 1 heterocycles. The van der Waals surface area contributed by atoms with E-state index in [-0.39, 0.29) is 5.91 Å². The molecular weight excluding hydrogens is 236 g/mol. The topological polar surface area (TPSA) is 92.9 Å². The molecule has 1 atom stereocenters. The van der Waals surface area contributed by atoms with E-state index in [4.69, 9.17) is 15.6 Å². The summed E-state index contributed by atoms with van der Waals surface area (Å²) in [5.74, 6) is -1.05. The van der Waals surface area contributed by atoms with Crippen LogP contribution in [0.3, 0.4) is 0 Å². The van der Waals surface area contributed by atoms with Gasteiger partial charge in [-0.05, 0) is 6.42 Å². The molecule has 0 bridgehead atoms. The van der Waals surface area contributed by atoms with Crippen molar-refractivity contribution in [2.45, 2.75) is 44.2 Å². The van der Waals surface area contributed by atoms with E-state index in [0.29, 0.717) is 32.4 Å². The van der Waals surface area contributed by atoms with Crippen molar-refractivity contribution in [3.8, 4) is 0 Å². The first kappa shape index (κ1) is 14.9. The Morgan fingerprint density at radius 2 is 2.00 bits per heavy atom. The molecule has 1 aliphatic rings. The van der Waals surface area contributed by atoms with Crippen molar-refractivity contribution in [2.24, 2.45) is 5.73 Å². The average molecular weight is 258 g/mol. The van der Waals surface area contributed by atoms with Gasteiger partial charge < -0.3 is 20.5 Å². The van der Waals surface area contributed by atoms with Gasteiger partial charge >= 0.3 is 5.97 Å². The summed E-state index contributed by atoms with van der Waals surface area (Å²) in [5.41, 5.74) is 4.63. The van der Waals surface area contributed by atoms with Gasteiger partial charge in [-0.25, -0.2) is 4.79 Å². The van der Waals surface area contributed by atoms with Crippen LogP contribution in [-0.4, -0.2) is 53.7 Å². The van der Waals surface area contributed by atoms with Crippen molar-refractivity contribution in [3.05, 3.63) is 0 Å². The van der Waals surface area contributed by atoms with Gasteiger partial charge in [0.05, 0.1) is 6.04 Å². The number of methoxy groups -OCH3 is 1. The third-order valence-corrected chi connectivity index (χ3v) is 3.58. The fraction of sp³-hybridized carbons (Fsp3) is 0.833. The molecule has 0 unspecified atom stereocenters. The van der Waals surface area contributed by atoms with E-state index in [1.54, 1.807) is 4.90 Å². The van der Waals surface area contributed by atoms with E-state index in [1.807, 2.05) is 6.92 Å². The van der Waals surface area contributed by atoms with Crippen molar-refractivity contribution in [2.75, 3.05) is 20.2 Å². The molecule has 6 heteroatoms. The van der Waals surface area contributed by atoms with Crippen LogP contribution in [0, 0.1) is 0 Å². The molecular formula is C12H22N2O4. The minimum Gasteiger partial charge on any atom is -0.479 e. The number of piperidine rings is 1. The minimum absolute atomic E-state index is 0.0908. The number of nitrogens with zero attached hydrogens (tertiary/aromatic N) is 1. The molecule has 0 aliphatic carbocycles. The first-order valence-corrected chi connectivity index (χ1v) is 6.29. The van der Waals surface area contributed by atoms with Crippen LogP contribution >= 0.6 is 0 Å². The number of rotatable bonds is 5. The summed E-state index contributed by atoms with van der Waals surface area (Å²) in [7, 11) is 1.40. The van der Waals surface area contributed by atoms with E-state index in [2.05, 4.69) is 0 Å². The fourth-order valence-electron chi connectivity index (χ4n) is 2.26. The molecule has 1 saturated heterocycles. The molecule has 3 N–H and O–H groups in total. The first-order valence-electron chi connectivity index (χ1n) is 6.29. The Bertz CT molecular complexity index is 311. The average Bonchev–Trinajstić information content (AvgIpc) is 2.38. The third kappa shape index (κ3) is 3.00. The number of ether oxygens (including phenoxy) is 1. The summed E-state index contributed by atoms with van der Waals surface area (Å²) >= 11 is 0. The van der Waals surface area contributed by atoms with Gasteiger partial charge in [-0.3, -0.25) is 4.79 Å². The normalized spacial score (nSPS) is 20.5. The highest BCUT2D eigenvalue weighted by molar-refractivity contribution is 5.83. The summed E-state index contributed by atoms with van der Waals surface area (Å²) in [6.07, 6.45) is 2.13. The second kappa shape index (κ2) is 6.15. The lowest BCUT2D eigenvalue weighted by Crippen LogP contribution is -2.54. The van der Waals surface area contributed by atoms with E-state index in [1.165, 1.54) is 7.11 Å². The van der Waals surface area contributed by atoms with Crippen LogP contribution in [0.25, 0.3) is 0 Å². The number of nitrogens with two attached hydrogens (primary N) is 1. The number of carbonyl (C=O) groups excluding carboxylic acids is 1. The Balaban J connectivity index is 2.58. The monoisotopic (exact) mass is 258 g/mol. The second-order valence-corrected chi connectivity index (χ2v) is 4.72. The predicted octanol–water partition coefficient (Wildman–Crippen LogP) is 0.206. The SMILES string of the molecule is CCC[C@@H](N)C(=O)N1CCC(OC)(C(=O)O)CC1. The molecule has 0 spiro atoms. The standard InChI is InChI=1S/C12H22N2O4/c1-3-4-9(13)10(15)14-7-5-12(18-2,6-8-14)11(16)17/h9H,3-8,13H2,1-2H3,(H,16,17)/t9-/m1/s1. The van der Waals surface area contributed by atoms with E-state index < -0.39 is 17.6 Å². The first-order chi connectivity index (χ1) is 8.46. The largest absolute Gasteiger partial charge is 0.479 e. The van der Waals surface area contributed by atoms with Crippen LogP contribution in [0.4, 0.5) is 0 Å². The maximum absolute atomic E-state index is 12.0. The van der Waals surface area contributed by atoms with E-state index in [9.17, 15) is 9.59 Å².